The van der Waals surface area contributed by atoms with E-state index in [-0.39, 0.29) is 0 Å². The second kappa shape index (κ2) is 4.04. The summed E-state index contributed by atoms with van der Waals surface area (Å²) in [6, 6.07) is 0. The highest BCUT2D eigenvalue weighted by molar-refractivity contribution is 5.32. The molecule has 2 aromatic rings. The van der Waals surface area contributed by atoms with Crippen LogP contribution in [0.15, 0.2) is 0 Å². The third kappa shape index (κ3) is 2.05. The van der Waals surface area contributed by atoms with E-state index in [0.29, 0.717) is 18.3 Å². The number of nitrogens with zero attached hydrogens (tertiary/aromatic N) is 4. The molecule has 94 valence electrons. The van der Waals surface area contributed by atoms with Crippen LogP contribution in [0.2, 0.25) is 0 Å². The third-order valence-corrected chi connectivity index (χ3v) is 3.27. The quantitative estimate of drug-likeness (QED) is 0.847. The summed E-state index contributed by atoms with van der Waals surface area (Å²) in [7, 11) is 0. The van der Waals surface area contributed by atoms with E-state index in [1.807, 2.05) is 13.8 Å². The second-order valence-electron chi connectivity index (χ2n) is 4.82. The van der Waals surface area contributed by atoms with E-state index in [2.05, 4.69) is 25.1 Å². The lowest BCUT2D eigenvalue weighted by atomic mass is 10.1. The van der Waals surface area contributed by atoms with Crippen molar-refractivity contribution in [1.82, 2.24) is 25.1 Å². The Hall–Kier alpha value is -1.98. The first-order valence-corrected chi connectivity index (χ1v) is 6.14. The summed E-state index contributed by atoms with van der Waals surface area (Å²) in [6.07, 6.45) is 3.10. The molecule has 1 saturated carbocycles. The fourth-order valence-corrected chi connectivity index (χ4v) is 2.10. The van der Waals surface area contributed by atoms with Crippen LogP contribution in [0.3, 0.4) is 0 Å². The molecular formula is C12H16N6. The van der Waals surface area contributed by atoms with Crippen LogP contribution in [0.4, 0.5) is 5.95 Å². The summed E-state index contributed by atoms with van der Waals surface area (Å²) in [5.41, 5.74) is 8.50. The largest absolute Gasteiger partial charge is 0.368 e. The van der Waals surface area contributed by atoms with Gasteiger partial charge in [-0.1, -0.05) is 0 Å². The predicted molar refractivity (Wildman–Crippen MR) is 67.1 cm³/mol. The molecule has 3 rings (SSSR count). The Morgan fingerprint density at radius 2 is 1.83 bits per heavy atom. The molecule has 0 unspecified atom stereocenters. The first kappa shape index (κ1) is 11.1. The molecule has 3 N–H and O–H groups in total. The summed E-state index contributed by atoms with van der Waals surface area (Å²) >= 11 is 0. The minimum Gasteiger partial charge on any atom is -0.368 e. The van der Waals surface area contributed by atoms with Crippen molar-refractivity contribution in [2.45, 2.75) is 39.0 Å². The number of hydrogen-bond acceptors (Lipinski definition) is 5. The van der Waals surface area contributed by atoms with Crippen molar-refractivity contribution in [2.75, 3.05) is 5.73 Å². The van der Waals surface area contributed by atoms with Crippen molar-refractivity contribution in [3.05, 3.63) is 28.6 Å². The maximum atomic E-state index is 5.62. The number of anilines is 1. The van der Waals surface area contributed by atoms with Crippen LogP contribution in [0, 0.1) is 13.8 Å². The van der Waals surface area contributed by atoms with Crippen LogP contribution < -0.4 is 5.73 Å². The first-order chi connectivity index (χ1) is 8.63. The van der Waals surface area contributed by atoms with E-state index in [9.17, 15) is 0 Å². The predicted octanol–water partition coefficient (Wildman–Crippen LogP) is 1.26. The molecule has 0 aliphatic heterocycles. The smallest absolute Gasteiger partial charge is 0.220 e. The van der Waals surface area contributed by atoms with Gasteiger partial charge < -0.3 is 5.73 Å². The number of H-pyrrole nitrogens is 1. The molecule has 0 bridgehead atoms. The highest BCUT2D eigenvalue weighted by Crippen LogP contribution is 2.37. The van der Waals surface area contributed by atoms with E-state index >= 15 is 0 Å². The summed E-state index contributed by atoms with van der Waals surface area (Å²) in [5, 5.41) is 7.25. The van der Waals surface area contributed by atoms with Crippen LogP contribution in [-0.2, 0) is 6.42 Å². The molecule has 2 heterocycles. The number of rotatable bonds is 3. The lowest BCUT2D eigenvalue weighted by Crippen LogP contribution is -2.06. The number of aromatic nitrogens is 5. The Morgan fingerprint density at radius 3 is 2.44 bits per heavy atom. The highest BCUT2D eigenvalue weighted by atomic mass is 15.2. The van der Waals surface area contributed by atoms with Gasteiger partial charge in [-0.25, -0.2) is 15.0 Å². The zero-order valence-corrected chi connectivity index (χ0v) is 10.6. The molecule has 2 aromatic heterocycles. The summed E-state index contributed by atoms with van der Waals surface area (Å²) in [5.74, 6) is 2.71. The minimum atomic E-state index is 0.324. The molecule has 0 saturated heterocycles. The van der Waals surface area contributed by atoms with E-state index in [0.717, 1.165) is 28.6 Å². The molecule has 18 heavy (non-hydrogen) atoms. The molecule has 0 spiro atoms. The van der Waals surface area contributed by atoms with E-state index in [1.165, 1.54) is 12.8 Å². The molecule has 0 amide bonds. The molecule has 0 atom stereocenters. The van der Waals surface area contributed by atoms with E-state index in [1.54, 1.807) is 0 Å². The molecule has 1 aliphatic rings. The number of nitrogens with two attached hydrogens (primary N) is 1. The average molecular weight is 244 g/mol. The Morgan fingerprint density at radius 1 is 1.17 bits per heavy atom. The lowest BCUT2D eigenvalue weighted by Gasteiger charge is -2.07. The number of hydrogen-bond donors (Lipinski definition) is 2. The van der Waals surface area contributed by atoms with Gasteiger partial charge in [0.05, 0.1) is 0 Å². The van der Waals surface area contributed by atoms with Crippen LogP contribution >= 0.6 is 0 Å². The summed E-state index contributed by atoms with van der Waals surface area (Å²) < 4.78 is 0. The maximum absolute atomic E-state index is 5.62. The van der Waals surface area contributed by atoms with Crippen LogP contribution in [-0.4, -0.2) is 25.1 Å². The average Bonchev–Trinajstić information content (AvgIpc) is 3.04. The lowest BCUT2D eigenvalue weighted by molar-refractivity contribution is 0.918. The third-order valence-electron chi connectivity index (χ3n) is 3.27. The molecule has 1 aliphatic carbocycles. The van der Waals surface area contributed by atoms with Gasteiger partial charge in [-0.2, -0.15) is 5.10 Å². The van der Waals surface area contributed by atoms with Gasteiger partial charge in [0, 0.05) is 29.3 Å². The fraction of sp³-hybridized carbons (Fsp3) is 0.500. The SMILES string of the molecule is Cc1nc(N)nc(C)c1Cc1nc(C2CC2)n[nH]1. The maximum Gasteiger partial charge on any atom is 0.220 e. The van der Waals surface area contributed by atoms with E-state index in [4.69, 9.17) is 5.73 Å². The van der Waals surface area contributed by atoms with Crippen LogP contribution in [0.5, 0.6) is 0 Å². The molecule has 0 radical (unpaired) electrons. The van der Waals surface area contributed by atoms with Crippen molar-refractivity contribution < 1.29 is 0 Å². The summed E-state index contributed by atoms with van der Waals surface area (Å²) in [4.78, 5) is 12.9. The van der Waals surface area contributed by atoms with Crippen LogP contribution in [0.1, 0.15) is 47.4 Å². The molecule has 6 heteroatoms. The van der Waals surface area contributed by atoms with Gasteiger partial charge in [0.25, 0.3) is 0 Å². The number of aromatic amines is 1. The molecular weight excluding hydrogens is 228 g/mol. The second-order valence-corrected chi connectivity index (χ2v) is 4.82. The first-order valence-electron chi connectivity index (χ1n) is 6.14. The Balaban J connectivity index is 1.86. The monoisotopic (exact) mass is 244 g/mol. The number of nitrogen functional groups attached to an aromatic ring is 1. The van der Waals surface area contributed by atoms with Gasteiger partial charge in [0.15, 0.2) is 5.82 Å². The zero-order chi connectivity index (χ0) is 12.7. The standard InChI is InChI=1S/C12H16N6/c1-6-9(7(2)15-12(13)14-6)5-10-16-11(18-17-10)8-3-4-8/h8H,3-5H2,1-2H3,(H2,13,14,15)(H,16,17,18). The molecule has 6 nitrogen and oxygen atoms in total. The topological polar surface area (TPSA) is 93.4 Å². The Kier molecular flexibility index (Phi) is 2.50. The van der Waals surface area contributed by atoms with E-state index < -0.39 is 0 Å². The summed E-state index contributed by atoms with van der Waals surface area (Å²) in [6.45, 7) is 3.89. The van der Waals surface area contributed by atoms with Crippen molar-refractivity contribution >= 4 is 5.95 Å². The molecule has 1 fully saturated rings. The van der Waals surface area contributed by atoms with Crippen molar-refractivity contribution in [2.24, 2.45) is 0 Å². The Labute approximate surface area is 105 Å². The van der Waals surface area contributed by atoms with Gasteiger partial charge in [-0.3, -0.25) is 5.10 Å². The number of aryl methyl sites for hydroxylation is 2. The van der Waals surface area contributed by atoms with Gasteiger partial charge >= 0.3 is 0 Å². The fourth-order valence-electron chi connectivity index (χ4n) is 2.10. The minimum absolute atomic E-state index is 0.324. The Bertz CT molecular complexity index is 561. The van der Waals surface area contributed by atoms with Crippen molar-refractivity contribution in [3.8, 4) is 0 Å². The normalized spacial score (nSPS) is 15.0. The van der Waals surface area contributed by atoms with Gasteiger partial charge in [-0.15, -0.1) is 0 Å². The van der Waals surface area contributed by atoms with Crippen molar-refractivity contribution in [3.63, 3.8) is 0 Å². The van der Waals surface area contributed by atoms with Gasteiger partial charge in [-0.05, 0) is 26.7 Å². The zero-order valence-electron chi connectivity index (χ0n) is 10.6. The highest BCUT2D eigenvalue weighted by Gasteiger charge is 2.27. The van der Waals surface area contributed by atoms with Gasteiger partial charge in [0.1, 0.15) is 5.82 Å². The van der Waals surface area contributed by atoms with Gasteiger partial charge in [0.2, 0.25) is 5.95 Å². The van der Waals surface area contributed by atoms with Crippen molar-refractivity contribution in [1.29, 1.82) is 0 Å². The number of nitrogens with one attached hydrogen (secondary N) is 1. The van der Waals surface area contributed by atoms with Crippen LogP contribution in [0.25, 0.3) is 0 Å². The molecule has 0 aromatic carbocycles.